The Labute approximate surface area is 134 Å². The van der Waals surface area contributed by atoms with Crippen LogP contribution in [-0.2, 0) is 11.3 Å². The van der Waals surface area contributed by atoms with Crippen molar-refractivity contribution < 1.29 is 4.79 Å². The standard InChI is InChI=1S/C19H28N2O/c1-15-6-2-3-7-17(15)14-21-12-10-16(11-13-21)19(22)20-18-8-4-5-9-18/h2-3,6-7,16,18H,4-5,8-14H2,1H3,(H,20,22). The lowest BCUT2D eigenvalue weighted by molar-refractivity contribution is -0.127. The summed E-state index contributed by atoms with van der Waals surface area (Å²) in [5.41, 5.74) is 2.78. The Balaban J connectivity index is 1.45. The van der Waals surface area contributed by atoms with E-state index >= 15 is 0 Å². The molecule has 3 rings (SSSR count). The summed E-state index contributed by atoms with van der Waals surface area (Å²) in [5, 5.41) is 3.26. The van der Waals surface area contributed by atoms with E-state index in [-0.39, 0.29) is 5.92 Å². The molecule has 0 unspecified atom stereocenters. The predicted octanol–water partition coefficient (Wildman–Crippen LogP) is 3.27. The maximum absolute atomic E-state index is 12.3. The molecule has 3 heteroatoms. The lowest BCUT2D eigenvalue weighted by atomic mass is 9.95. The van der Waals surface area contributed by atoms with E-state index in [0.717, 1.165) is 32.5 Å². The van der Waals surface area contributed by atoms with E-state index in [2.05, 4.69) is 41.4 Å². The number of amides is 1. The number of hydrogen-bond acceptors (Lipinski definition) is 2. The van der Waals surface area contributed by atoms with E-state index in [9.17, 15) is 4.79 Å². The highest BCUT2D eigenvalue weighted by Gasteiger charge is 2.27. The average molecular weight is 300 g/mol. The quantitative estimate of drug-likeness (QED) is 0.925. The van der Waals surface area contributed by atoms with Crippen molar-refractivity contribution in [3.8, 4) is 0 Å². The molecule has 1 amide bonds. The fourth-order valence-electron chi connectivity index (χ4n) is 3.77. The topological polar surface area (TPSA) is 32.3 Å². The SMILES string of the molecule is Cc1ccccc1CN1CCC(C(=O)NC2CCCC2)CC1. The first-order chi connectivity index (χ1) is 10.7. The van der Waals surface area contributed by atoms with Gasteiger partial charge in [0.25, 0.3) is 0 Å². The number of nitrogens with zero attached hydrogens (tertiary/aromatic N) is 1. The second-order valence-corrected chi connectivity index (χ2v) is 6.97. The molecule has 0 bridgehead atoms. The van der Waals surface area contributed by atoms with Gasteiger partial charge in [-0.15, -0.1) is 0 Å². The fraction of sp³-hybridized carbons (Fsp3) is 0.632. The van der Waals surface area contributed by atoms with Gasteiger partial charge in [0.15, 0.2) is 0 Å². The summed E-state index contributed by atoms with van der Waals surface area (Å²) in [6, 6.07) is 9.06. The Morgan fingerprint density at radius 3 is 2.50 bits per heavy atom. The van der Waals surface area contributed by atoms with Crippen LogP contribution >= 0.6 is 0 Å². The number of rotatable bonds is 4. The summed E-state index contributed by atoms with van der Waals surface area (Å²) >= 11 is 0. The minimum absolute atomic E-state index is 0.230. The molecule has 1 aromatic rings. The molecule has 22 heavy (non-hydrogen) atoms. The van der Waals surface area contributed by atoms with Crippen molar-refractivity contribution in [2.24, 2.45) is 5.92 Å². The molecule has 120 valence electrons. The van der Waals surface area contributed by atoms with Crippen molar-refractivity contribution in [3.05, 3.63) is 35.4 Å². The van der Waals surface area contributed by atoms with E-state index in [4.69, 9.17) is 0 Å². The Kier molecular flexibility index (Phi) is 5.14. The minimum Gasteiger partial charge on any atom is -0.353 e. The highest BCUT2D eigenvalue weighted by atomic mass is 16.1. The van der Waals surface area contributed by atoms with Crippen LogP contribution in [0.25, 0.3) is 0 Å². The minimum atomic E-state index is 0.230. The first-order valence-electron chi connectivity index (χ1n) is 8.79. The van der Waals surface area contributed by atoms with Crippen molar-refractivity contribution >= 4 is 5.91 Å². The Hall–Kier alpha value is -1.35. The summed E-state index contributed by atoms with van der Waals surface area (Å²) in [6.07, 6.45) is 6.92. The third-order valence-corrected chi connectivity index (χ3v) is 5.32. The molecule has 2 aliphatic rings. The zero-order valence-corrected chi connectivity index (χ0v) is 13.7. The average Bonchev–Trinajstić information content (AvgIpc) is 3.03. The number of benzene rings is 1. The number of carbonyl (C=O) groups excluding carboxylic acids is 1. The molecule has 1 N–H and O–H groups in total. The van der Waals surface area contributed by atoms with E-state index < -0.39 is 0 Å². The second kappa shape index (κ2) is 7.28. The number of piperidine rings is 1. The first-order valence-corrected chi connectivity index (χ1v) is 8.79. The second-order valence-electron chi connectivity index (χ2n) is 6.97. The van der Waals surface area contributed by atoms with Crippen LogP contribution in [0.15, 0.2) is 24.3 Å². The van der Waals surface area contributed by atoms with E-state index in [0.29, 0.717) is 11.9 Å². The maximum atomic E-state index is 12.3. The summed E-state index contributed by atoms with van der Waals surface area (Å²) < 4.78 is 0. The third kappa shape index (κ3) is 3.89. The van der Waals surface area contributed by atoms with Gasteiger partial charge in [-0.2, -0.15) is 0 Å². The molecule has 1 aliphatic heterocycles. The summed E-state index contributed by atoms with van der Waals surface area (Å²) in [5.74, 6) is 0.538. The van der Waals surface area contributed by atoms with Gasteiger partial charge in [-0.05, 0) is 56.8 Å². The number of likely N-dealkylation sites (tertiary alicyclic amines) is 1. The molecule has 1 saturated heterocycles. The van der Waals surface area contributed by atoms with Gasteiger partial charge in [0.05, 0.1) is 0 Å². The molecule has 0 radical (unpaired) electrons. The van der Waals surface area contributed by atoms with E-state index in [1.807, 2.05) is 0 Å². The summed E-state index contributed by atoms with van der Waals surface area (Å²) in [7, 11) is 0. The maximum Gasteiger partial charge on any atom is 0.223 e. The van der Waals surface area contributed by atoms with Gasteiger partial charge < -0.3 is 5.32 Å². The van der Waals surface area contributed by atoms with Crippen LogP contribution in [-0.4, -0.2) is 29.9 Å². The van der Waals surface area contributed by atoms with Crippen molar-refractivity contribution in [1.82, 2.24) is 10.2 Å². The number of hydrogen-bond donors (Lipinski definition) is 1. The Morgan fingerprint density at radius 2 is 1.82 bits per heavy atom. The first kappa shape index (κ1) is 15.5. The lowest BCUT2D eigenvalue weighted by Gasteiger charge is -2.32. The monoisotopic (exact) mass is 300 g/mol. The van der Waals surface area contributed by atoms with Crippen LogP contribution in [0.4, 0.5) is 0 Å². The molecule has 1 saturated carbocycles. The smallest absolute Gasteiger partial charge is 0.223 e. The molecular weight excluding hydrogens is 272 g/mol. The van der Waals surface area contributed by atoms with E-state index in [1.54, 1.807) is 0 Å². The zero-order chi connectivity index (χ0) is 15.4. The highest BCUT2D eigenvalue weighted by Crippen LogP contribution is 2.22. The highest BCUT2D eigenvalue weighted by molar-refractivity contribution is 5.79. The summed E-state index contributed by atoms with van der Waals surface area (Å²) in [4.78, 5) is 14.8. The van der Waals surface area contributed by atoms with E-state index in [1.165, 1.54) is 36.8 Å². The van der Waals surface area contributed by atoms with Gasteiger partial charge >= 0.3 is 0 Å². The van der Waals surface area contributed by atoms with Gasteiger partial charge in [-0.1, -0.05) is 37.1 Å². The van der Waals surface area contributed by atoms with Crippen LogP contribution < -0.4 is 5.32 Å². The molecule has 0 atom stereocenters. The van der Waals surface area contributed by atoms with Crippen molar-refractivity contribution in [1.29, 1.82) is 0 Å². The molecule has 1 aromatic carbocycles. The molecular formula is C19H28N2O. The van der Waals surface area contributed by atoms with Gasteiger partial charge in [0, 0.05) is 18.5 Å². The Bertz CT molecular complexity index is 500. The molecule has 0 aromatic heterocycles. The molecule has 0 spiro atoms. The van der Waals surface area contributed by atoms with Gasteiger partial charge in [0.1, 0.15) is 0 Å². The fourth-order valence-corrected chi connectivity index (χ4v) is 3.77. The van der Waals surface area contributed by atoms with Crippen LogP contribution in [0.2, 0.25) is 0 Å². The van der Waals surface area contributed by atoms with Crippen molar-refractivity contribution in [3.63, 3.8) is 0 Å². The van der Waals surface area contributed by atoms with Gasteiger partial charge in [0.2, 0.25) is 5.91 Å². The summed E-state index contributed by atoms with van der Waals surface area (Å²) in [6.45, 7) is 5.27. The largest absolute Gasteiger partial charge is 0.353 e. The van der Waals surface area contributed by atoms with Gasteiger partial charge in [-0.25, -0.2) is 0 Å². The molecule has 1 aliphatic carbocycles. The van der Waals surface area contributed by atoms with Crippen LogP contribution in [0, 0.1) is 12.8 Å². The third-order valence-electron chi connectivity index (χ3n) is 5.32. The number of aryl methyl sites for hydroxylation is 1. The normalized spacial score (nSPS) is 21.1. The van der Waals surface area contributed by atoms with Crippen molar-refractivity contribution in [2.75, 3.05) is 13.1 Å². The molecule has 3 nitrogen and oxygen atoms in total. The molecule has 1 heterocycles. The van der Waals surface area contributed by atoms with Crippen LogP contribution in [0.5, 0.6) is 0 Å². The van der Waals surface area contributed by atoms with Crippen LogP contribution in [0.3, 0.4) is 0 Å². The molecule has 2 fully saturated rings. The predicted molar refractivity (Wildman–Crippen MR) is 89.6 cm³/mol. The number of carbonyl (C=O) groups is 1. The van der Waals surface area contributed by atoms with Crippen molar-refractivity contribution in [2.45, 2.75) is 58.0 Å². The van der Waals surface area contributed by atoms with Gasteiger partial charge in [-0.3, -0.25) is 9.69 Å². The number of nitrogens with one attached hydrogen (secondary N) is 1. The lowest BCUT2D eigenvalue weighted by Crippen LogP contribution is -2.43. The van der Waals surface area contributed by atoms with Crippen LogP contribution in [0.1, 0.15) is 49.7 Å². The Morgan fingerprint density at radius 1 is 1.14 bits per heavy atom. The zero-order valence-electron chi connectivity index (χ0n) is 13.7.